The summed E-state index contributed by atoms with van der Waals surface area (Å²) in [5.41, 5.74) is 0.991. The first-order valence-electron chi connectivity index (χ1n) is 5.68. The molecular weight excluding hydrogens is 220 g/mol. The van der Waals surface area contributed by atoms with E-state index in [2.05, 4.69) is 16.6 Å². The number of nitrogens with zero attached hydrogens (tertiary/aromatic N) is 1. The smallest absolute Gasteiger partial charge is 0.133 e. The molecule has 0 radical (unpaired) electrons. The zero-order chi connectivity index (χ0) is 11.4. The van der Waals surface area contributed by atoms with Crippen molar-refractivity contribution >= 4 is 11.8 Å². The fourth-order valence-electron chi connectivity index (χ4n) is 2.11. The van der Waals surface area contributed by atoms with E-state index in [-0.39, 0.29) is 5.75 Å². The van der Waals surface area contributed by atoms with Gasteiger partial charge in [-0.15, -0.1) is 0 Å². The summed E-state index contributed by atoms with van der Waals surface area (Å²) in [7, 11) is 0. The molecule has 1 aliphatic rings. The van der Waals surface area contributed by atoms with E-state index in [1.807, 2.05) is 17.8 Å². The molecule has 1 aliphatic carbocycles. The van der Waals surface area contributed by atoms with Crippen molar-refractivity contribution in [3.8, 4) is 5.75 Å². The molecule has 2 unspecified atom stereocenters. The summed E-state index contributed by atoms with van der Waals surface area (Å²) in [6.45, 7) is 0.798. The molecule has 0 aliphatic heterocycles. The molecule has 2 rings (SSSR count). The SMILES string of the molecule is CSC1CCC(NCc2ccc(O)cn2)C1. The van der Waals surface area contributed by atoms with Crippen molar-refractivity contribution in [3.63, 3.8) is 0 Å². The first-order valence-corrected chi connectivity index (χ1v) is 6.97. The van der Waals surface area contributed by atoms with E-state index in [4.69, 9.17) is 5.11 Å². The highest BCUT2D eigenvalue weighted by molar-refractivity contribution is 7.99. The zero-order valence-corrected chi connectivity index (χ0v) is 10.3. The summed E-state index contributed by atoms with van der Waals surface area (Å²) >= 11 is 1.97. The Morgan fingerprint density at radius 1 is 1.50 bits per heavy atom. The summed E-state index contributed by atoms with van der Waals surface area (Å²) in [5, 5.41) is 13.5. The summed E-state index contributed by atoms with van der Waals surface area (Å²) in [5.74, 6) is 0.229. The monoisotopic (exact) mass is 238 g/mol. The second kappa shape index (κ2) is 5.55. The third kappa shape index (κ3) is 3.12. The van der Waals surface area contributed by atoms with E-state index in [0.717, 1.165) is 17.5 Å². The van der Waals surface area contributed by atoms with Gasteiger partial charge in [0.2, 0.25) is 0 Å². The van der Waals surface area contributed by atoms with Crippen LogP contribution in [0.25, 0.3) is 0 Å². The van der Waals surface area contributed by atoms with Crippen molar-refractivity contribution in [1.29, 1.82) is 0 Å². The Morgan fingerprint density at radius 2 is 2.38 bits per heavy atom. The van der Waals surface area contributed by atoms with Gasteiger partial charge in [0.15, 0.2) is 0 Å². The number of hydrogen-bond donors (Lipinski definition) is 2. The molecule has 1 aromatic heterocycles. The fourth-order valence-corrected chi connectivity index (χ4v) is 2.91. The third-order valence-electron chi connectivity index (χ3n) is 3.10. The summed E-state index contributed by atoms with van der Waals surface area (Å²) < 4.78 is 0. The number of hydrogen-bond acceptors (Lipinski definition) is 4. The van der Waals surface area contributed by atoms with Crippen LogP contribution in [0.4, 0.5) is 0 Å². The Kier molecular flexibility index (Phi) is 4.07. The van der Waals surface area contributed by atoms with Crippen LogP contribution in [0.2, 0.25) is 0 Å². The molecule has 3 nitrogen and oxygen atoms in total. The average Bonchev–Trinajstić information content (AvgIpc) is 2.76. The van der Waals surface area contributed by atoms with Crippen LogP contribution in [-0.4, -0.2) is 27.6 Å². The molecular formula is C12H18N2OS. The maximum absolute atomic E-state index is 9.12. The zero-order valence-electron chi connectivity index (χ0n) is 9.52. The van der Waals surface area contributed by atoms with E-state index in [1.54, 1.807) is 6.07 Å². The molecule has 88 valence electrons. The third-order valence-corrected chi connectivity index (χ3v) is 4.19. The molecule has 1 saturated carbocycles. The van der Waals surface area contributed by atoms with Gasteiger partial charge in [0, 0.05) is 17.8 Å². The highest BCUT2D eigenvalue weighted by Crippen LogP contribution is 2.28. The number of thioether (sulfide) groups is 1. The highest BCUT2D eigenvalue weighted by atomic mass is 32.2. The number of aromatic hydroxyl groups is 1. The largest absolute Gasteiger partial charge is 0.506 e. The Bertz CT molecular complexity index is 328. The van der Waals surface area contributed by atoms with Crippen LogP contribution in [0.1, 0.15) is 25.0 Å². The molecule has 0 spiro atoms. The van der Waals surface area contributed by atoms with Gasteiger partial charge in [0.25, 0.3) is 0 Å². The first-order chi connectivity index (χ1) is 7.78. The van der Waals surface area contributed by atoms with E-state index >= 15 is 0 Å². The van der Waals surface area contributed by atoms with E-state index in [0.29, 0.717) is 6.04 Å². The first kappa shape index (κ1) is 11.7. The standard InChI is InChI=1S/C12H18N2OS/c1-16-12-5-3-9(6-12)13-7-10-2-4-11(15)8-14-10/h2,4,8-9,12-13,15H,3,5-7H2,1H3. The minimum Gasteiger partial charge on any atom is -0.506 e. The van der Waals surface area contributed by atoms with Crippen LogP contribution < -0.4 is 5.32 Å². The van der Waals surface area contributed by atoms with Gasteiger partial charge in [-0.05, 0) is 37.7 Å². The molecule has 0 bridgehead atoms. The normalized spacial score (nSPS) is 24.8. The number of pyridine rings is 1. The highest BCUT2D eigenvalue weighted by Gasteiger charge is 2.23. The molecule has 16 heavy (non-hydrogen) atoms. The fraction of sp³-hybridized carbons (Fsp3) is 0.583. The van der Waals surface area contributed by atoms with Gasteiger partial charge in [0.1, 0.15) is 5.75 Å². The van der Waals surface area contributed by atoms with Crippen LogP contribution in [0.15, 0.2) is 18.3 Å². The number of aromatic nitrogens is 1. The van der Waals surface area contributed by atoms with Gasteiger partial charge in [-0.1, -0.05) is 0 Å². The average molecular weight is 238 g/mol. The lowest BCUT2D eigenvalue weighted by Crippen LogP contribution is -2.26. The molecule has 1 heterocycles. The summed E-state index contributed by atoms with van der Waals surface area (Å²) in [6, 6.07) is 4.18. The lowest BCUT2D eigenvalue weighted by atomic mass is 10.2. The molecule has 2 N–H and O–H groups in total. The quantitative estimate of drug-likeness (QED) is 0.844. The second-order valence-corrected chi connectivity index (χ2v) is 5.39. The van der Waals surface area contributed by atoms with Gasteiger partial charge >= 0.3 is 0 Å². The van der Waals surface area contributed by atoms with Crippen molar-refractivity contribution in [2.24, 2.45) is 0 Å². The molecule has 0 amide bonds. The minimum absolute atomic E-state index is 0.229. The van der Waals surface area contributed by atoms with Gasteiger partial charge in [-0.25, -0.2) is 0 Å². The molecule has 0 aromatic carbocycles. The molecule has 0 saturated heterocycles. The van der Waals surface area contributed by atoms with Gasteiger partial charge in [0.05, 0.1) is 11.9 Å². The van der Waals surface area contributed by atoms with Crippen molar-refractivity contribution < 1.29 is 5.11 Å². The van der Waals surface area contributed by atoms with Crippen molar-refractivity contribution in [2.45, 2.75) is 37.1 Å². The number of rotatable bonds is 4. The van der Waals surface area contributed by atoms with Crippen LogP contribution in [0, 0.1) is 0 Å². The Morgan fingerprint density at radius 3 is 3.00 bits per heavy atom. The minimum atomic E-state index is 0.229. The molecule has 1 fully saturated rings. The van der Waals surface area contributed by atoms with Crippen molar-refractivity contribution in [1.82, 2.24) is 10.3 Å². The lowest BCUT2D eigenvalue weighted by Gasteiger charge is -2.12. The van der Waals surface area contributed by atoms with Gasteiger partial charge in [-0.3, -0.25) is 4.98 Å². The lowest BCUT2D eigenvalue weighted by molar-refractivity contribution is 0.470. The van der Waals surface area contributed by atoms with Crippen LogP contribution >= 0.6 is 11.8 Å². The summed E-state index contributed by atoms with van der Waals surface area (Å²) in [6.07, 6.45) is 7.54. The Labute approximate surface area is 101 Å². The predicted molar refractivity (Wildman–Crippen MR) is 67.7 cm³/mol. The Balaban J connectivity index is 1.77. The summed E-state index contributed by atoms with van der Waals surface area (Å²) in [4.78, 5) is 4.16. The molecule has 2 atom stereocenters. The van der Waals surface area contributed by atoms with E-state index < -0.39 is 0 Å². The van der Waals surface area contributed by atoms with Gasteiger partial charge < -0.3 is 10.4 Å². The molecule has 1 aromatic rings. The van der Waals surface area contributed by atoms with E-state index in [1.165, 1.54) is 25.5 Å². The van der Waals surface area contributed by atoms with Crippen LogP contribution in [0.5, 0.6) is 5.75 Å². The van der Waals surface area contributed by atoms with E-state index in [9.17, 15) is 0 Å². The Hall–Kier alpha value is -0.740. The number of nitrogens with one attached hydrogen (secondary N) is 1. The van der Waals surface area contributed by atoms with Crippen molar-refractivity contribution in [3.05, 3.63) is 24.0 Å². The van der Waals surface area contributed by atoms with Crippen LogP contribution in [0.3, 0.4) is 0 Å². The maximum Gasteiger partial charge on any atom is 0.133 e. The maximum atomic E-state index is 9.12. The molecule has 4 heteroatoms. The predicted octanol–water partition coefficient (Wildman–Crippen LogP) is 2.16. The van der Waals surface area contributed by atoms with Crippen LogP contribution in [-0.2, 0) is 6.54 Å². The van der Waals surface area contributed by atoms with Gasteiger partial charge in [-0.2, -0.15) is 11.8 Å². The van der Waals surface area contributed by atoms with Crippen molar-refractivity contribution in [2.75, 3.05) is 6.26 Å². The second-order valence-electron chi connectivity index (χ2n) is 4.26. The topological polar surface area (TPSA) is 45.1 Å².